The molecule has 0 spiro atoms. The number of rotatable bonds is 2. The lowest BCUT2D eigenvalue weighted by Crippen LogP contribution is -2.12. The van der Waals surface area contributed by atoms with Gasteiger partial charge in [0.05, 0.1) is 5.69 Å². The molecular formula is C11H7Br2ClN2O. The van der Waals surface area contributed by atoms with Gasteiger partial charge in [0.1, 0.15) is 5.69 Å². The summed E-state index contributed by atoms with van der Waals surface area (Å²) >= 11 is 12.5. The van der Waals surface area contributed by atoms with Gasteiger partial charge in [-0.1, -0.05) is 11.6 Å². The Hall–Kier alpha value is -0.780. The molecule has 0 fully saturated rings. The third kappa shape index (κ3) is 3.12. The zero-order valence-electron chi connectivity index (χ0n) is 8.43. The van der Waals surface area contributed by atoms with Crippen LogP contribution in [0.15, 0.2) is 39.4 Å². The van der Waals surface area contributed by atoms with Crippen molar-refractivity contribution in [2.75, 3.05) is 5.32 Å². The van der Waals surface area contributed by atoms with E-state index in [4.69, 9.17) is 11.6 Å². The highest BCUT2D eigenvalue weighted by atomic mass is 79.9. The Morgan fingerprint density at radius 3 is 2.71 bits per heavy atom. The van der Waals surface area contributed by atoms with Crippen LogP contribution >= 0.6 is 43.5 Å². The number of carbonyl (C=O) groups is 1. The largest absolute Gasteiger partial charge is 0.356 e. The molecule has 0 saturated heterocycles. The van der Waals surface area contributed by atoms with Crippen molar-refractivity contribution >= 4 is 55.1 Å². The van der Waals surface area contributed by atoms with Crippen LogP contribution in [0.3, 0.4) is 0 Å². The van der Waals surface area contributed by atoms with E-state index in [1.807, 2.05) is 0 Å². The molecule has 0 radical (unpaired) electrons. The molecule has 2 aromatic rings. The number of aromatic nitrogens is 1. The maximum absolute atomic E-state index is 11.9. The normalized spacial score (nSPS) is 10.3. The maximum atomic E-state index is 11.9. The van der Waals surface area contributed by atoms with Gasteiger partial charge in [-0.2, -0.15) is 0 Å². The molecule has 17 heavy (non-hydrogen) atoms. The molecular weight excluding hydrogens is 371 g/mol. The zero-order chi connectivity index (χ0) is 12.4. The number of hydrogen-bond acceptors (Lipinski definition) is 1. The van der Waals surface area contributed by atoms with E-state index in [-0.39, 0.29) is 5.91 Å². The van der Waals surface area contributed by atoms with E-state index in [1.54, 1.807) is 30.5 Å². The van der Waals surface area contributed by atoms with Crippen LogP contribution < -0.4 is 5.32 Å². The predicted octanol–water partition coefficient (Wildman–Crippen LogP) is 4.45. The molecule has 0 atom stereocenters. The molecule has 2 rings (SSSR count). The number of benzene rings is 1. The van der Waals surface area contributed by atoms with Crippen LogP contribution in [-0.2, 0) is 0 Å². The number of anilines is 1. The minimum absolute atomic E-state index is 0.223. The van der Waals surface area contributed by atoms with Crippen LogP contribution in [0.4, 0.5) is 5.69 Å². The molecule has 1 aromatic carbocycles. The van der Waals surface area contributed by atoms with Crippen LogP contribution in [0.5, 0.6) is 0 Å². The van der Waals surface area contributed by atoms with Gasteiger partial charge in [0.15, 0.2) is 0 Å². The van der Waals surface area contributed by atoms with E-state index in [1.165, 1.54) is 0 Å². The van der Waals surface area contributed by atoms with E-state index < -0.39 is 0 Å². The van der Waals surface area contributed by atoms with Gasteiger partial charge < -0.3 is 10.3 Å². The molecule has 88 valence electrons. The molecule has 0 bridgehead atoms. The average Bonchev–Trinajstić information content (AvgIpc) is 2.70. The molecule has 6 heteroatoms. The predicted molar refractivity (Wildman–Crippen MR) is 75.6 cm³/mol. The molecule has 0 aliphatic heterocycles. The average molecular weight is 378 g/mol. The summed E-state index contributed by atoms with van der Waals surface area (Å²) in [5.74, 6) is -0.223. The quantitative estimate of drug-likeness (QED) is 0.797. The lowest BCUT2D eigenvalue weighted by Gasteiger charge is -2.06. The Morgan fingerprint density at radius 2 is 2.06 bits per heavy atom. The van der Waals surface area contributed by atoms with E-state index in [0.717, 1.165) is 8.95 Å². The van der Waals surface area contributed by atoms with Crippen molar-refractivity contribution in [3.8, 4) is 0 Å². The van der Waals surface area contributed by atoms with Crippen LogP contribution in [0, 0.1) is 0 Å². The first kappa shape index (κ1) is 12.7. The maximum Gasteiger partial charge on any atom is 0.272 e. The minimum Gasteiger partial charge on any atom is -0.356 e. The van der Waals surface area contributed by atoms with Crippen molar-refractivity contribution in [2.24, 2.45) is 0 Å². The van der Waals surface area contributed by atoms with Crippen LogP contribution in [0.1, 0.15) is 10.5 Å². The summed E-state index contributed by atoms with van der Waals surface area (Å²) in [6, 6.07) is 6.91. The second-order valence-electron chi connectivity index (χ2n) is 3.31. The molecule has 2 N–H and O–H groups in total. The lowest BCUT2D eigenvalue weighted by molar-refractivity contribution is 0.102. The third-order valence-electron chi connectivity index (χ3n) is 2.07. The smallest absolute Gasteiger partial charge is 0.272 e. The fourth-order valence-electron chi connectivity index (χ4n) is 1.28. The molecule has 0 aliphatic carbocycles. The standard InChI is InChI=1S/C11H7Br2ClN2O/c12-6-3-10(15-5-6)11(17)16-9-4-7(14)1-2-8(9)13/h1-5,15H,(H,16,17). The molecule has 3 nitrogen and oxygen atoms in total. The summed E-state index contributed by atoms with van der Waals surface area (Å²) < 4.78 is 1.61. The summed E-state index contributed by atoms with van der Waals surface area (Å²) in [6.07, 6.45) is 1.70. The summed E-state index contributed by atoms with van der Waals surface area (Å²) in [4.78, 5) is 14.7. The van der Waals surface area contributed by atoms with Gasteiger partial charge in [-0.05, 0) is 56.1 Å². The first-order valence-electron chi connectivity index (χ1n) is 4.66. The van der Waals surface area contributed by atoms with Crippen molar-refractivity contribution < 1.29 is 4.79 Å². The highest BCUT2D eigenvalue weighted by Gasteiger charge is 2.10. The van der Waals surface area contributed by atoms with Crippen molar-refractivity contribution in [1.29, 1.82) is 0 Å². The summed E-state index contributed by atoms with van der Waals surface area (Å²) in [7, 11) is 0. The number of halogens is 3. The topological polar surface area (TPSA) is 44.9 Å². The van der Waals surface area contributed by atoms with Crippen molar-refractivity contribution in [1.82, 2.24) is 4.98 Å². The first-order chi connectivity index (χ1) is 8.06. The number of aromatic amines is 1. The Balaban J connectivity index is 2.21. The van der Waals surface area contributed by atoms with E-state index in [0.29, 0.717) is 16.4 Å². The van der Waals surface area contributed by atoms with Crippen molar-refractivity contribution in [2.45, 2.75) is 0 Å². The van der Waals surface area contributed by atoms with Gasteiger partial charge in [0.2, 0.25) is 0 Å². The Labute approximate surface area is 120 Å². The number of amides is 1. The second-order valence-corrected chi connectivity index (χ2v) is 5.52. The van der Waals surface area contributed by atoms with Crippen LogP contribution in [0.2, 0.25) is 5.02 Å². The van der Waals surface area contributed by atoms with E-state index >= 15 is 0 Å². The zero-order valence-corrected chi connectivity index (χ0v) is 12.4. The highest BCUT2D eigenvalue weighted by Crippen LogP contribution is 2.26. The second kappa shape index (κ2) is 5.25. The van der Waals surface area contributed by atoms with Gasteiger partial charge in [0, 0.05) is 20.2 Å². The van der Waals surface area contributed by atoms with Gasteiger partial charge in [-0.3, -0.25) is 4.79 Å². The molecule has 1 heterocycles. The molecule has 1 aromatic heterocycles. The monoisotopic (exact) mass is 376 g/mol. The van der Waals surface area contributed by atoms with Crippen LogP contribution in [0.25, 0.3) is 0 Å². The number of carbonyl (C=O) groups excluding carboxylic acids is 1. The number of H-pyrrole nitrogens is 1. The van der Waals surface area contributed by atoms with Crippen LogP contribution in [-0.4, -0.2) is 10.9 Å². The number of nitrogens with one attached hydrogen (secondary N) is 2. The van der Waals surface area contributed by atoms with E-state index in [2.05, 4.69) is 42.2 Å². The highest BCUT2D eigenvalue weighted by molar-refractivity contribution is 9.10. The van der Waals surface area contributed by atoms with Crippen molar-refractivity contribution in [3.63, 3.8) is 0 Å². The van der Waals surface area contributed by atoms with Gasteiger partial charge in [0.25, 0.3) is 5.91 Å². The fourth-order valence-corrected chi connectivity index (χ4v) is 2.14. The fraction of sp³-hybridized carbons (Fsp3) is 0. The van der Waals surface area contributed by atoms with Gasteiger partial charge in [-0.25, -0.2) is 0 Å². The molecule has 0 unspecified atom stereocenters. The minimum atomic E-state index is -0.223. The SMILES string of the molecule is O=C(Nc1cc(Cl)ccc1Br)c1cc(Br)c[nH]1. The third-order valence-corrected chi connectivity index (χ3v) is 3.45. The summed E-state index contributed by atoms with van der Waals surface area (Å²) in [5, 5.41) is 3.32. The summed E-state index contributed by atoms with van der Waals surface area (Å²) in [5.41, 5.74) is 1.11. The van der Waals surface area contributed by atoms with Gasteiger partial charge in [-0.15, -0.1) is 0 Å². The molecule has 0 aliphatic rings. The molecule has 0 saturated carbocycles. The van der Waals surface area contributed by atoms with Gasteiger partial charge >= 0.3 is 0 Å². The first-order valence-corrected chi connectivity index (χ1v) is 6.63. The Kier molecular flexibility index (Phi) is 3.91. The lowest BCUT2D eigenvalue weighted by atomic mass is 10.3. The van der Waals surface area contributed by atoms with E-state index in [9.17, 15) is 4.79 Å². The Morgan fingerprint density at radius 1 is 1.29 bits per heavy atom. The van der Waals surface area contributed by atoms with Crippen molar-refractivity contribution in [3.05, 3.63) is 50.1 Å². The summed E-state index contributed by atoms with van der Waals surface area (Å²) in [6.45, 7) is 0. The Bertz CT molecular complexity index is 568. The molecule has 1 amide bonds. The number of hydrogen-bond donors (Lipinski definition) is 2.